The standard InChI is InChI=1S/C64H58Si2/c1-45-27-19-23-39-53(45)61-57(49-31-11-7-12-32-49)59(51-35-15-9-16-36-51)63(65(61)5,55-41-25-21-29-47(55)3)43-44-64(56-42-26-22-30-48(56)4)60(52-37-17-10-18-38-52)58(50-33-13-8-14-34-50)62(66(64)6)54-40-24-20-28-46(54)2/h7-42H,43-44H2,1-6H3. The lowest BCUT2D eigenvalue weighted by molar-refractivity contribution is 0.563. The third kappa shape index (κ3) is 7.10. The average Bonchev–Trinajstić information content (AvgIpc) is 3.77. The first-order valence-corrected chi connectivity index (χ1v) is 27.7. The van der Waals surface area contributed by atoms with E-state index in [1.807, 2.05) is 0 Å². The summed E-state index contributed by atoms with van der Waals surface area (Å²) in [5, 5.41) is 2.47. The van der Waals surface area contributed by atoms with Crippen molar-refractivity contribution in [2.75, 3.05) is 0 Å². The highest BCUT2D eigenvalue weighted by Gasteiger charge is 2.53. The van der Waals surface area contributed by atoms with Gasteiger partial charge in [0.25, 0.3) is 0 Å². The number of benzene rings is 8. The highest BCUT2D eigenvalue weighted by atomic mass is 28.2. The van der Waals surface area contributed by atoms with Crippen LogP contribution in [0, 0.1) is 27.7 Å². The van der Waals surface area contributed by atoms with Crippen LogP contribution in [0.5, 0.6) is 0 Å². The van der Waals surface area contributed by atoms with Gasteiger partial charge in [0.05, 0.1) is 0 Å². The minimum absolute atomic E-state index is 0.307. The van der Waals surface area contributed by atoms with Gasteiger partial charge in [0.15, 0.2) is 0 Å². The highest BCUT2D eigenvalue weighted by molar-refractivity contribution is 6.89. The van der Waals surface area contributed by atoms with Crippen molar-refractivity contribution in [3.05, 3.63) is 285 Å². The summed E-state index contributed by atoms with van der Waals surface area (Å²) in [5.41, 5.74) is 22.2. The molecule has 0 amide bonds. The minimum atomic E-state index is -1.45. The fourth-order valence-corrected chi connectivity index (χ4v) is 19.2. The molecule has 0 spiro atoms. The van der Waals surface area contributed by atoms with E-state index >= 15 is 0 Å². The second-order valence-electron chi connectivity index (χ2n) is 18.5. The number of hydrogen-bond acceptors (Lipinski definition) is 0. The summed E-state index contributed by atoms with van der Waals surface area (Å²) in [5.74, 6) is 0. The van der Waals surface area contributed by atoms with Crippen LogP contribution >= 0.6 is 0 Å². The van der Waals surface area contributed by atoms with Crippen molar-refractivity contribution in [2.45, 2.75) is 63.7 Å². The van der Waals surface area contributed by atoms with Gasteiger partial charge in [-0.15, -0.1) is 0 Å². The number of hydrogen-bond donors (Lipinski definition) is 0. The lowest BCUT2D eigenvalue weighted by atomic mass is 9.71. The molecule has 0 radical (unpaired) electrons. The van der Waals surface area contributed by atoms with E-state index < -0.39 is 16.8 Å². The molecule has 0 saturated heterocycles. The van der Waals surface area contributed by atoms with Gasteiger partial charge in [0, 0.05) is 26.9 Å². The fourth-order valence-electron chi connectivity index (χ4n) is 12.1. The third-order valence-corrected chi connectivity index (χ3v) is 21.7. The molecule has 66 heavy (non-hydrogen) atoms. The third-order valence-electron chi connectivity index (χ3n) is 15.0. The zero-order valence-electron chi connectivity index (χ0n) is 39.2. The molecule has 10 rings (SSSR count). The Balaban J connectivity index is 1.37. The van der Waals surface area contributed by atoms with E-state index in [1.165, 1.54) is 89.1 Å². The van der Waals surface area contributed by atoms with Gasteiger partial charge in [-0.3, -0.25) is 0 Å². The predicted molar refractivity (Wildman–Crippen MR) is 288 cm³/mol. The lowest BCUT2D eigenvalue weighted by Gasteiger charge is -2.43. The Bertz CT molecular complexity index is 3010. The summed E-state index contributed by atoms with van der Waals surface area (Å²) >= 11 is 0. The molecule has 8 aromatic rings. The molecule has 2 atom stereocenters. The molecule has 0 saturated carbocycles. The molecular formula is C64H58Si2. The monoisotopic (exact) mass is 882 g/mol. The largest absolute Gasteiger partial charge is 0.0622 e. The SMILES string of the molecule is Cc1ccccc1C1=[Si](C)C(CCC2(c3ccccc3C)C(c3ccccc3)=C(c3ccccc3)C(c3ccccc3C)=[Si]2C)(c2ccccc2C)C(c2ccccc2)=C1c1ccccc1. The Labute approximate surface area is 396 Å². The van der Waals surface area contributed by atoms with Crippen molar-refractivity contribution in [3.63, 3.8) is 0 Å². The Morgan fingerprint density at radius 3 is 0.894 bits per heavy atom. The van der Waals surface area contributed by atoms with Crippen LogP contribution in [-0.2, 0) is 10.1 Å². The zero-order chi connectivity index (χ0) is 45.4. The van der Waals surface area contributed by atoms with E-state index in [0.717, 1.165) is 12.8 Å². The van der Waals surface area contributed by atoms with Crippen LogP contribution in [0.3, 0.4) is 0 Å². The normalized spacial score (nSPS) is 18.5. The molecule has 0 aliphatic carbocycles. The maximum Gasteiger partial charge on any atom is 0.0343 e. The smallest absolute Gasteiger partial charge is 0.0343 e. The minimum Gasteiger partial charge on any atom is -0.0622 e. The summed E-state index contributed by atoms with van der Waals surface area (Å²) in [6.45, 7) is 14.7. The predicted octanol–water partition coefficient (Wildman–Crippen LogP) is 15.1. The Kier molecular flexibility index (Phi) is 11.8. The zero-order valence-corrected chi connectivity index (χ0v) is 41.2. The van der Waals surface area contributed by atoms with Gasteiger partial charge in [0.1, 0.15) is 0 Å². The summed E-state index contributed by atoms with van der Waals surface area (Å²) in [6, 6.07) is 82.9. The van der Waals surface area contributed by atoms with Gasteiger partial charge in [-0.2, -0.15) is 0 Å². The summed E-state index contributed by atoms with van der Waals surface area (Å²) in [4.78, 5) is 0. The molecule has 8 aromatic carbocycles. The van der Waals surface area contributed by atoms with E-state index in [0.29, 0.717) is 0 Å². The molecule has 2 unspecified atom stereocenters. The first-order chi connectivity index (χ1) is 32.3. The molecule has 0 nitrogen and oxygen atoms in total. The van der Waals surface area contributed by atoms with E-state index in [4.69, 9.17) is 0 Å². The van der Waals surface area contributed by atoms with Crippen LogP contribution < -0.4 is 0 Å². The molecule has 2 aliphatic rings. The van der Waals surface area contributed by atoms with Gasteiger partial charge < -0.3 is 0 Å². The van der Waals surface area contributed by atoms with Crippen LogP contribution in [0.2, 0.25) is 13.1 Å². The molecule has 0 bridgehead atoms. The molecular weight excluding hydrogens is 825 g/mol. The van der Waals surface area contributed by atoms with Crippen LogP contribution in [0.1, 0.15) is 79.6 Å². The maximum atomic E-state index is 2.67. The highest BCUT2D eigenvalue weighted by Crippen LogP contribution is 2.58. The second kappa shape index (κ2) is 18.0. The van der Waals surface area contributed by atoms with Crippen molar-refractivity contribution >= 4 is 49.4 Å². The molecule has 0 fully saturated rings. The van der Waals surface area contributed by atoms with Gasteiger partial charge in [0.2, 0.25) is 0 Å². The molecule has 0 aromatic heterocycles. The van der Waals surface area contributed by atoms with Crippen molar-refractivity contribution in [2.24, 2.45) is 0 Å². The molecule has 322 valence electrons. The Morgan fingerprint density at radius 1 is 0.303 bits per heavy atom. The van der Waals surface area contributed by atoms with Crippen LogP contribution in [0.4, 0.5) is 0 Å². The lowest BCUT2D eigenvalue weighted by Crippen LogP contribution is -2.43. The van der Waals surface area contributed by atoms with Gasteiger partial charge in [-0.05, 0) is 140 Å². The van der Waals surface area contributed by atoms with E-state index in [2.05, 4.69) is 259 Å². The molecule has 2 heteroatoms. The Morgan fingerprint density at radius 2 is 0.576 bits per heavy atom. The van der Waals surface area contributed by atoms with Crippen LogP contribution in [0.15, 0.2) is 218 Å². The molecule has 0 N–H and O–H groups in total. The van der Waals surface area contributed by atoms with Crippen LogP contribution in [0.25, 0.3) is 22.3 Å². The maximum absolute atomic E-state index is 2.67. The summed E-state index contributed by atoms with van der Waals surface area (Å²) < 4.78 is 0. The number of allylic oxidation sites excluding steroid dienone is 4. The van der Waals surface area contributed by atoms with E-state index in [9.17, 15) is 0 Å². The van der Waals surface area contributed by atoms with Gasteiger partial charge in [-0.1, -0.05) is 231 Å². The number of aryl methyl sites for hydroxylation is 4. The quantitative estimate of drug-likeness (QED) is 0.114. The summed E-state index contributed by atoms with van der Waals surface area (Å²) in [6.07, 6.45) is 1.96. The van der Waals surface area contributed by atoms with Crippen molar-refractivity contribution < 1.29 is 0 Å². The number of rotatable bonds is 11. The van der Waals surface area contributed by atoms with E-state index in [1.54, 1.807) is 10.3 Å². The second-order valence-corrected chi connectivity index (χ2v) is 23.7. The Hall–Kier alpha value is -6.59. The van der Waals surface area contributed by atoms with Crippen LogP contribution in [-0.4, -0.2) is 27.2 Å². The topological polar surface area (TPSA) is 0 Å². The van der Waals surface area contributed by atoms with Gasteiger partial charge >= 0.3 is 0 Å². The first kappa shape index (κ1) is 43.3. The molecule has 2 aliphatic heterocycles. The van der Waals surface area contributed by atoms with Crippen molar-refractivity contribution in [3.8, 4) is 0 Å². The fraction of sp³-hybridized carbons (Fsp3) is 0.156. The van der Waals surface area contributed by atoms with Gasteiger partial charge in [-0.25, -0.2) is 0 Å². The summed E-state index contributed by atoms with van der Waals surface area (Å²) in [7, 11) is -2.89. The van der Waals surface area contributed by atoms with E-state index in [-0.39, 0.29) is 10.1 Å². The molecule has 2 heterocycles. The first-order valence-electron chi connectivity index (χ1n) is 23.7. The van der Waals surface area contributed by atoms with Crippen molar-refractivity contribution in [1.29, 1.82) is 0 Å². The van der Waals surface area contributed by atoms with Crippen molar-refractivity contribution in [1.82, 2.24) is 0 Å². The average molecular weight is 883 g/mol.